The standard InChI is InChI=1S/C20H24N2O2S/c23-20(19-7-4-12-25-19)22-9-8-17-15-24-11-10-21(18(17)14-22)13-16-5-2-1-3-6-16/h1-7,12,17-18H,8-11,13-15H2/t17-,18-/m1/s1. The van der Waals surface area contributed by atoms with Crippen LogP contribution >= 0.6 is 11.3 Å². The number of benzene rings is 1. The van der Waals surface area contributed by atoms with Crippen molar-refractivity contribution in [2.45, 2.75) is 19.0 Å². The highest BCUT2D eigenvalue weighted by Crippen LogP contribution is 2.28. The maximum Gasteiger partial charge on any atom is 0.263 e. The number of hydrogen-bond acceptors (Lipinski definition) is 4. The third kappa shape index (κ3) is 3.78. The van der Waals surface area contributed by atoms with Crippen LogP contribution in [-0.2, 0) is 11.3 Å². The number of likely N-dealkylation sites (tertiary alicyclic amines) is 1. The normalized spacial score (nSPS) is 24.6. The number of carbonyl (C=O) groups excluding carboxylic acids is 1. The number of hydrogen-bond donors (Lipinski definition) is 0. The molecule has 3 heterocycles. The van der Waals surface area contributed by atoms with Gasteiger partial charge in [0.25, 0.3) is 5.91 Å². The van der Waals surface area contributed by atoms with Gasteiger partial charge in [-0.25, -0.2) is 0 Å². The largest absolute Gasteiger partial charge is 0.380 e. The van der Waals surface area contributed by atoms with Gasteiger partial charge in [-0.05, 0) is 23.4 Å². The Morgan fingerprint density at radius 2 is 2.04 bits per heavy atom. The second kappa shape index (κ2) is 7.68. The van der Waals surface area contributed by atoms with E-state index >= 15 is 0 Å². The van der Waals surface area contributed by atoms with E-state index < -0.39 is 0 Å². The van der Waals surface area contributed by atoms with Crippen LogP contribution < -0.4 is 0 Å². The minimum absolute atomic E-state index is 0.179. The van der Waals surface area contributed by atoms with Gasteiger partial charge in [0.15, 0.2) is 0 Å². The minimum Gasteiger partial charge on any atom is -0.380 e. The molecular formula is C20H24N2O2S. The van der Waals surface area contributed by atoms with E-state index in [0.29, 0.717) is 12.0 Å². The Kier molecular flexibility index (Phi) is 5.15. The Balaban J connectivity index is 1.51. The molecule has 0 aliphatic carbocycles. The van der Waals surface area contributed by atoms with E-state index in [1.807, 2.05) is 22.4 Å². The summed E-state index contributed by atoms with van der Waals surface area (Å²) in [6.07, 6.45) is 1.02. The monoisotopic (exact) mass is 356 g/mol. The van der Waals surface area contributed by atoms with Crippen LogP contribution in [0.3, 0.4) is 0 Å². The second-order valence-electron chi connectivity index (χ2n) is 6.88. The first kappa shape index (κ1) is 16.8. The number of ether oxygens (including phenoxy) is 1. The summed E-state index contributed by atoms with van der Waals surface area (Å²) < 4.78 is 5.86. The summed E-state index contributed by atoms with van der Waals surface area (Å²) in [7, 11) is 0. The topological polar surface area (TPSA) is 32.8 Å². The average molecular weight is 356 g/mol. The molecule has 2 aliphatic heterocycles. The number of rotatable bonds is 3. The Hall–Kier alpha value is -1.69. The first-order valence-electron chi connectivity index (χ1n) is 9.00. The quantitative estimate of drug-likeness (QED) is 0.847. The Morgan fingerprint density at radius 1 is 1.16 bits per heavy atom. The van der Waals surface area contributed by atoms with E-state index in [0.717, 1.165) is 50.7 Å². The number of amides is 1. The van der Waals surface area contributed by atoms with Gasteiger partial charge in [-0.3, -0.25) is 9.69 Å². The molecule has 0 N–H and O–H groups in total. The van der Waals surface area contributed by atoms with Crippen LogP contribution in [0.4, 0.5) is 0 Å². The van der Waals surface area contributed by atoms with Crippen molar-refractivity contribution in [1.82, 2.24) is 9.80 Å². The molecule has 1 aromatic heterocycles. The van der Waals surface area contributed by atoms with E-state index in [4.69, 9.17) is 4.74 Å². The number of fused-ring (bicyclic) bond motifs is 1. The van der Waals surface area contributed by atoms with E-state index in [9.17, 15) is 4.79 Å². The summed E-state index contributed by atoms with van der Waals surface area (Å²) in [6, 6.07) is 14.8. The molecule has 0 radical (unpaired) electrons. The third-order valence-electron chi connectivity index (χ3n) is 5.29. The number of thiophene rings is 1. The van der Waals surface area contributed by atoms with Crippen LogP contribution in [0.1, 0.15) is 21.7 Å². The highest BCUT2D eigenvalue weighted by molar-refractivity contribution is 7.12. The second-order valence-corrected chi connectivity index (χ2v) is 7.82. The molecule has 5 heteroatoms. The highest BCUT2D eigenvalue weighted by atomic mass is 32.1. The van der Waals surface area contributed by atoms with Gasteiger partial charge in [0.05, 0.1) is 18.1 Å². The van der Waals surface area contributed by atoms with Crippen molar-refractivity contribution in [2.24, 2.45) is 5.92 Å². The summed E-state index contributed by atoms with van der Waals surface area (Å²) in [5.41, 5.74) is 1.32. The fraction of sp³-hybridized carbons (Fsp3) is 0.450. The van der Waals surface area contributed by atoms with Crippen LogP contribution in [-0.4, -0.2) is 54.6 Å². The summed E-state index contributed by atoms with van der Waals surface area (Å²) in [5, 5.41) is 1.97. The fourth-order valence-corrected chi connectivity index (χ4v) is 4.62. The lowest BCUT2D eigenvalue weighted by Crippen LogP contribution is -2.54. The summed E-state index contributed by atoms with van der Waals surface area (Å²) in [5.74, 6) is 0.692. The zero-order valence-electron chi connectivity index (χ0n) is 14.3. The number of piperidine rings is 1. The molecule has 1 amide bonds. The average Bonchev–Trinajstić information content (AvgIpc) is 3.12. The van der Waals surface area contributed by atoms with Crippen molar-refractivity contribution < 1.29 is 9.53 Å². The van der Waals surface area contributed by atoms with E-state index in [2.05, 4.69) is 35.2 Å². The van der Waals surface area contributed by atoms with Gasteiger partial charge in [-0.1, -0.05) is 36.4 Å². The number of nitrogens with zero attached hydrogens (tertiary/aromatic N) is 2. The van der Waals surface area contributed by atoms with Gasteiger partial charge in [0.2, 0.25) is 0 Å². The van der Waals surface area contributed by atoms with Crippen molar-refractivity contribution in [3.05, 3.63) is 58.3 Å². The predicted octanol–water partition coefficient (Wildman–Crippen LogP) is 3.11. The van der Waals surface area contributed by atoms with Gasteiger partial charge in [0.1, 0.15) is 0 Å². The molecule has 2 fully saturated rings. The molecule has 25 heavy (non-hydrogen) atoms. The summed E-state index contributed by atoms with van der Waals surface area (Å²) in [4.78, 5) is 18.2. The van der Waals surface area contributed by atoms with Crippen LogP contribution in [0, 0.1) is 5.92 Å². The molecule has 2 aromatic rings. The maximum absolute atomic E-state index is 12.8. The Morgan fingerprint density at radius 3 is 2.84 bits per heavy atom. The molecule has 0 spiro atoms. The Labute approximate surface area is 153 Å². The first-order chi connectivity index (χ1) is 12.3. The molecule has 4 rings (SSSR count). The van der Waals surface area contributed by atoms with E-state index in [1.165, 1.54) is 16.9 Å². The van der Waals surface area contributed by atoms with Gasteiger partial charge in [0, 0.05) is 38.1 Å². The van der Waals surface area contributed by atoms with Crippen LogP contribution in [0.2, 0.25) is 0 Å². The minimum atomic E-state index is 0.179. The number of carbonyl (C=O) groups is 1. The zero-order chi connectivity index (χ0) is 17.1. The fourth-order valence-electron chi connectivity index (χ4n) is 3.93. The summed E-state index contributed by atoms with van der Waals surface area (Å²) >= 11 is 1.53. The van der Waals surface area contributed by atoms with Crippen molar-refractivity contribution >= 4 is 17.2 Å². The smallest absolute Gasteiger partial charge is 0.263 e. The van der Waals surface area contributed by atoms with Gasteiger partial charge in [-0.15, -0.1) is 11.3 Å². The molecule has 132 valence electrons. The molecule has 0 bridgehead atoms. The lowest BCUT2D eigenvalue weighted by atomic mass is 9.90. The van der Waals surface area contributed by atoms with Crippen molar-refractivity contribution in [3.63, 3.8) is 0 Å². The zero-order valence-corrected chi connectivity index (χ0v) is 15.2. The van der Waals surface area contributed by atoms with E-state index in [-0.39, 0.29) is 5.91 Å². The van der Waals surface area contributed by atoms with Gasteiger partial charge in [-0.2, -0.15) is 0 Å². The maximum atomic E-state index is 12.8. The molecule has 2 aliphatic rings. The van der Waals surface area contributed by atoms with Gasteiger partial charge >= 0.3 is 0 Å². The molecule has 4 nitrogen and oxygen atoms in total. The lowest BCUT2D eigenvalue weighted by molar-refractivity contribution is 0.0374. The van der Waals surface area contributed by atoms with Crippen LogP contribution in [0.25, 0.3) is 0 Å². The van der Waals surface area contributed by atoms with Crippen molar-refractivity contribution in [1.29, 1.82) is 0 Å². The van der Waals surface area contributed by atoms with Crippen LogP contribution in [0.5, 0.6) is 0 Å². The van der Waals surface area contributed by atoms with Crippen molar-refractivity contribution in [2.75, 3.05) is 32.8 Å². The van der Waals surface area contributed by atoms with E-state index in [1.54, 1.807) is 0 Å². The molecule has 1 aromatic carbocycles. The van der Waals surface area contributed by atoms with Crippen molar-refractivity contribution in [3.8, 4) is 0 Å². The lowest BCUT2D eigenvalue weighted by Gasteiger charge is -2.42. The Bertz CT molecular complexity index is 689. The van der Waals surface area contributed by atoms with Crippen LogP contribution in [0.15, 0.2) is 47.8 Å². The summed E-state index contributed by atoms with van der Waals surface area (Å²) in [6.45, 7) is 5.08. The third-order valence-corrected chi connectivity index (χ3v) is 6.15. The first-order valence-corrected chi connectivity index (χ1v) is 9.88. The molecule has 2 atom stereocenters. The van der Waals surface area contributed by atoms with Gasteiger partial charge < -0.3 is 9.64 Å². The SMILES string of the molecule is O=C(c1cccs1)N1CC[C@@H]2COCCN(Cc3ccccc3)[C@@H]2C1. The molecular weight excluding hydrogens is 332 g/mol. The molecule has 0 unspecified atom stereocenters. The molecule has 2 saturated heterocycles. The highest BCUT2D eigenvalue weighted by Gasteiger charge is 2.37. The predicted molar refractivity (Wildman–Crippen MR) is 99.8 cm³/mol. The molecule has 0 saturated carbocycles.